The van der Waals surface area contributed by atoms with Gasteiger partial charge in [-0.2, -0.15) is 0 Å². The summed E-state index contributed by atoms with van der Waals surface area (Å²) < 4.78 is 7.73. The Hall–Kier alpha value is -1.80. The predicted octanol–water partition coefficient (Wildman–Crippen LogP) is 1.28. The molecule has 0 saturated carbocycles. The molecular formula is C13H15N5O2S. The van der Waals surface area contributed by atoms with Crippen LogP contribution in [0.15, 0.2) is 17.2 Å². The number of hydrogen-bond acceptors (Lipinski definition) is 6. The SMILES string of the molecule is O=C(c1cscn1)N1CC(n2cnnc2C2CCCO2)C1. The van der Waals surface area contributed by atoms with Gasteiger partial charge in [0.25, 0.3) is 5.91 Å². The van der Waals surface area contributed by atoms with Crippen LogP contribution in [0.25, 0.3) is 0 Å². The highest BCUT2D eigenvalue weighted by Gasteiger charge is 2.36. The van der Waals surface area contributed by atoms with Crippen molar-refractivity contribution in [3.8, 4) is 0 Å². The van der Waals surface area contributed by atoms with Crippen LogP contribution in [0.5, 0.6) is 0 Å². The molecule has 7 nitrogen and oxygen atoms in total. The molecular weight excluding hydrogens is 290 g/mol. The number of amides is 1. The molecule has 2 aromatic rings. The Balaban J connectivity index is 1.44. The summed E-state index contributed by atoms with van der Waals surface area (Å²) in [4.78, 5) is 18.0. The first-order valence-corrected chi connectivity index (χ1v) is 7.95. The number of rotatable bonds is 3. The molecule has 2 fully saturated rings. The lowest BCUT2D eigenvalue weighted by Gasteiger charge is -2.40. The molecule has 2 aliphatic heterocycles. The Morgan fingerprint density at radius 3 is 3.05 bits per heavy atom. The van der Waals surface area contributed by atoms with Gasteiger partial charge in [-0.3, -0.25) is 4.79 Å². The number of likely N-dealkylation sites (tertiary alicyclic amines) is 1. The summed E-state index contributed by atoms with van der Waals surface area (Å²) in [5, 5.41) is 9.99. The van der Waals surface area contributed by atoms with E-state index in [9.17, 15) is 4.79 Å². The summed E-state index contributed by atoms with van der Waals surface area (Å²) in [5.41, 5.74) is 2.21. The largest absolute Gasteiger partial charge is 0.370 e. The van der Waals surface area contributed by atoms with E-state index in [0.717, 1.165) is 25.3 Å². The Morgan fingerprint density at radius 1 is 1.43 bits per heavy atom. The number of ether oxygens (including phenoxy) is 1. The first-order valence-electron chi connectivity index (χ1n) is 7.01. The average Bonchev–Trinajstić information content (AvgIpc) is 3.19. The molecule has 8 heteroatoms. The van der Waals surface area contributed by atoms with Crippen molar-refractivity contribution in [3.63, 3.8) is 0 Å². The van der Waals surface area contributed by atoms with Crippen LogP contribution in [0.4, 0.5) is 0 Å². The fourth-order valence-corrected chi connectivity index (χ4v) is 3.35. The number of aromatic nitrogens is 4. The maximum atomic E-state index is 12.1. The fourth-order valence-electron chi connectivity index (χ4n) is 2.82. The third kappa shape index (κ3) is 2.24. The molecule has 0 radical (unpaired) electrons. The third-order valence-electron chi connectivity index (χ3n) is 4.01. The minimum atomic E-state index is -0.000703. The minimum absolute atomic E-state index is 0.000703. The first-order chi connectivity index (χ1) is 10.3. The van der Waals surface area contributed by atoms with Crippen molar-refractivity contribution in [1.29, 1.82) is 0 Å². The molecule has 4 heterocycles. The zero-order valence-corrected chi connectivity index (χ0v) is 12.2. The Labute approximate surface area is 125 Å². The van der Waals surface area contributed by atoms with Crippen molar-refractivity contribution < 1.29 is 9.53 Å². The van der Waals surface area contributed by atoms with Gasteiger partial charge < -0.3 is 14.2 Å². The quantitative estimate of drug-likeness (QED) is 0.854. The highest BCUT2D eigenvalue weighted by Crippen LogP contribution is 2.31. The van der Waals surface area contributed by atoms with E-state index in [0.29, 0.717) is 18.8 Å². The lowest BCUT2D eigenvalue weighted by molar-refractivity contribution is 0.0479. The van der Waals surface area contributed by atoms with Crippen molar-refractivity contribution in [2.75, 3.05) is 19.7 Å². The van der Waals surface area contributed by atoms with Gasteiger partial charge in [0.1, 0.15) is 18.1 Å². The lowest BCUT2D eigenvalue weighted by atomic mass is 10.1. The van der Waals surface area contributed by atoms with E-state index < -0.39 is 0 Å². The highest BCUT2D eigenvalue weighted by molar-refractivity contribution is 7.07. The highest BCUT2D eigenvalue weighted by atomic mass is 32.1. The molecule has 0 bridgehead atoms. The molecule has 21 heavy (non-hydrogen) atoms. The van der Waals surface area contributed by atoms with Gasteiger partial charge in [0, 0.05) is 25.1 Å². The van der Waals surface area contributed by atoms with Crippen molar-refractivity contribution in [2.24, 2.45) is 0 Å². The summed E-state index contributed by atoms with van der Waals surface area (Å²) in [7, 11) is 0. The Bertz CT molecular complexity index is 629. The van der Waals surface area contributed by atoms with Crippen LogP contribution in [-0.4, -0.2) is 50.3 Å². The summed E-state index contributed by atoms with van der Waals surface area (Å²) >= 11 is 1.44. The predicted molar refractivity (Wildman–Crippen MR) is 75.0 cm³/mol. The van der Waals surface area contributed by atoms with E-state index in [2.05, 4.69) is 19.7 Å². The van der Waals surface area contributed by atoms with Crippen LogP contribution in [0.2, 0.25) is 0 Å². The number of nitrogens with zero attached hydrogens (tertiary/aromatic N) is 5. The van der Waals surface area contributed by atoms with Crippen LogP contribution in [0.3, 0.4) is 0 Å². The van der Waals surface area contributed by atoms with Gasteiger partial charge in [0.2, 0.25) is 0 Å². The van der Waals surface area contributed by atoms with Gasteiger partial charge in [-0.15, -0.1) is 21.5 Å². The van der Waals surface area contributed by atoms with Crippen LogP contribution in [-0.2, 0) is 4.74 Å². The zero-order chi connectivity index (χ0) is 14.2. The summed E-state index contributed by atoms with van der Waals surface area (Å²) in [6.45, 7) is 2.14. The summed E-state index contributed by atoms with van der Waals surface area (Å²) in [6.07, 6.45) is 3.85. The topological polar surface area (TPSA) is 73.1 Å². The van der Waals surface area contributed by atoms with Gasteiger partial charge in [0.15, 0.2) is 5.82 Å². The van der Waals surface area contributed by atoms with Crippen molar-refractivity contribution in [3.05, 3.63) is 28.7 Å². The van der Waals surface area contributed by atoms with Gasteiger partial charge in [-0.25, -0.2) is 4.98 Å². The monoisotopic (exact) mass is 305 g/mol. The average molecular weight is 305 g/mol. The van der Waals surface area contributed by atoms with E-state index in [1.54, 1.807) is 22.1 Å². The molecule has 2 aromatic heterocycles. The zero-order valence-electron chi connectivity index (χ0n) is 11.4. The van der Waals surface area contributed by atoms with E-state index in [1.807, 2.05) is 0 Å². The third-order valence-corrected chi connectivity index (χ3v) is 4.60. The number of hydrogen-bond donors (Lipinski definition) is 0. The van der Waals surface area contributed by atoms with Crippen molar-refractivity contribution in [1.82, 2.24) is 24.6 Å². The molecule has 0 aromatic carbocycles. The second-order valence-corrected chi connectivity index (χ2v) is 6.05. The van der Waals surface area contributed by atoms with Crippen molar-refractivity contribution in [2.45, 2.75) is 25.0 Å². The molecule has 1 unspecified atom stereocenters. The maximum Gasteiger partial charge on any atom is 0.273 e. The second kappa shape index (κ2) is 5.19. The number of thiazole rings is 1. The van der Waals surface area contributed by atoms with Gasteiger partial charge in [0.05, 0.1) is 11.6 Å². The normalized spacial score (nSPS) is 22.5. The van der Waals surface area contributed by atoms with Crippen LogP contribution >= 0.6 is 11.3 Å². The molecule has 0 aliphatic carbocycles. The molecule has 2 saturated heterocycles. The van der Waals surface area contributed by atoms with E-state index in [1.165, 1.54) is 11.3 Å². The molecule has 110 valence electrons. The van der Waals surface area contributed by atoms with E-state index in [4.69, 9.17) is 4.74 Å². The Morgan fingerprint density at radius 2 is 2.33 bits per heavy atom. The standard InChI is InChI=1S/C13H15N5O2S/c19-13(10-6-21-8-14-10)17-4-9(5-17)18-7-15-16-12(18)11-2-1-3-20-11/h6-9,11H,1-5H2. The van der Waals surface area contributed by atoms with Gasteiger partial charge in [-0.1, -0.05) is 0 Å². The second-order valence-electron chi connectivity index (χ2n) is 5.34. The first kappa shape index (κ1) is 12.9. The van der Waals surface area contributed by atoms with Crippen LogP contribution < -0.4 is 0 Å². The molecule has 0 N–H and O–H groups in total. The van der Waals surface area contributed by atoms with E-state index >= 15 is 0 Å². The number of carbonyl (C=O) groups is 1. The Kier molecular flexibility index (Phi) is 3.19. The fraction of sp³-hybridized carbons (Fsp3) is 0.538. The molecule has 2 aliphatic rings. The van der Waals surface area contributed by atoms with Crippen LogP contribution in [0.1, 0.15) is 41.3 Å². The van der Waals surface area contributed by atoms with E-state index in [-0.39, 0.29) is 18.1 Å². The summed E-state index contributed by atoms with van der Waals surface area (Å²) in [5.74, 6) is 0.887. The molecule has 1 amide bonds. The molecule has 0 spiro atoms. The molecule has 1 atom stereocenters. The van der Waals surface area contributed by atoms with Gasteiger partial charge in [-0.05, 0) is 12.8 Å². The minimum Gasteiger partial charge on any atom is -0.370 e. The molecule has 4 rings (SSSR count). The maximum absolute atomic E-state index is 12.1. The van der Waals surface area contributed by atoms with Crippen LogP contribution in [0, 0.1) is 0 Å². The van der Waals surface area contributed by atoms with Crippen molar-refractivity contribution >= 4 is 17.2 Å². The lowest BCUT2D eigenvalue weighted by Crippen LogP contribution is -2.51. The van der Waals surface area contributed by atoms with Gasteiger partial charge >= 0.3 is 0 Å². The summed E-state index contributed by atoms with van der Waals surface area (Å²) in [6, 6.07) is 0.238. The number of carbonyl (C=O) groups excluding carboxylic acids is 1. The smallest absolute Gasteiger partial charge is 0.273 e.